The Kier molecular flexibility index (Phi) is 4.27. The summed E-state index contributed by atoms with van der Waals surface area (Å²) < 4.78 is 25.1. The van der Waals surface area contributed by atoms with Gasteiger partial charge in [-0.3, -0.25) is 14.9 Å². The van der Waals surface area contributed by atoms with Gasteiger partial charge in [0.25, 0.3) is 11.2 Å². The van der Waals surface area contributed by atoms with Gasteiger partial charge in [-0.15, -0.1) is 0 Å². The Morgan fingerprint density at radius 3 is 2.59 bits per heavy atom. The minimum absolute atomic E-state index is 0.391. The van der Waals surface area contributed by atoms with Crippen molar-refractivity contribution in [3.8, 4) is 0 Å². The van der Waals surface area contributed by atoms with Crippen molar-refractivity contribution < 1.29 is 18.8 Å². The summed E-state index contributed by atoms with van der Waals surface area (Å²) in [5.41, 5.74) is -1.06. The molecule has 0 aliphatic carbocycles. The highest BCUT2D eigenvalue weighted by atomic mass is 19.3. The zero-order valence-corrected chi connectivity index (χ0v) is 8.62. The van der Waals surface area contributed by atoms with Crippen molar-refractivity contribution in [2.75, 3.05) is 6.61 Å². The first-order chi connectivity index (χ1) is 7.95. The van der Waals surface area contributed by atoms with Gasteiger partial charge in [-0.1, -0.05) is 0 Å². The van der Waals surface area contributed by atoms with Gasteiger partial charge in [0.15, 0.2) is 0 Å². The third-order valence-electron chi connectivity index (χ3n) is 2.19. The van der Waals surface area contributed by atoms with Crippen molar-refractivity contribution in [1.29, 1.82) is 0 Å². The first-order valence-electron chi connectivity index (χ1n) is 4.71. The third-order valence-corrected chi connectivity index (χ3v) is 2.19. The Hall–Kier alpha value is -1.83. The van der Waals surface area contributed by atoms with Gasteiger partial charge in [-0.2, -0.15) is 0 Å². The maximum Gasteiger partial charge on any atom is 0.285 e. The standard InChI is InChI=1S/C9H10F2N2O4/c10-8(11)3-7(5-14)12-4-6(13(16)17)1-2-9(12)15/h1-2,4,7-8,14H,3,5H2. The van der Waals surface area contributed by atoms with Gasteiger partial charge in [-0.05, 0) is 0 Å². The molecular formula is C9H10F2N2O4. The van der Waals surface area contributed by atoms with Crippen LogP contribution >= 0.6 is 0 Å². The van der Waals surface area contributed by atoms with Crippen molar-refractivity contribution in [1.82, 2.24) is 4.57 Å². The van der Waals surface area contributed by atoms with Gasteiger partial charge < -0.3 is 9.67 Å². The number of aliphatic hydroxyl groups is 1. The molecule has 1 unspecified atom stereocenters. The lowest BCUT2D eigenvalue weighted by atomic mass is 10.2. The molecule has 8 heteroatoms. The maximum atomic E-state index is 12.2. The Morgan fingerprint density at radius 2 is 2.12 bits per heavy atom. The minimum atomic E-state index is -2.71. The molecule has 0 radical (unpaired) electrons. The fourth-order valence-electron chi connectivity index (χ4n) is 1.37. The van der Waals surface area contributed by atoms with Crippen LogP contribution in [0.5, 0.6) is 0 Å². The smallest absolute Gasteiger partial charge is 0.285 e. The number of halogens is 2. The molecule has 1 atom stereocenters. The van der Waals surface area contributed by atoms with E-state index in [1.54, 1.807) is 0 Å². The molecule has 0 spiro atoms. The van der Waals surface area contributed by atoms with Crippen LogP contribution in [0.2, 0.25) is 0 Å². The molecule has 94 valence electrons. The van der Waals surface area contributed by atoms with Gasteiger partial charge in [0.2, 0.25) is 6.43 Å². The first kappa shape index (κ1) is 13.2. The van der Waals surface area contributed by atoms with Crippen molar-refractivity contribution in [3.63, 3.8) is 0 Å². The maximum absolute atomic E-state index is 12.2. The fourth-order valence-corrected chi connectivity index (χ4v) is 1.37. The van der Waals surface area contributed by atoms with Crippen LogP contribution in [-0.2, 0) is 0 Å². The molecule has 1 heterocycles. The molecule has 1 aromatic rings. The normalized spacial score (nSPS) is 12.7. The van der Waals surface area contributed by atoms with Crippen LogP contribution in [0.4, 0.5) is 14.5 Å². The number of hydrogen-bond acceptors (Lipinski definition) is 4. The van der Waals surface area contributed by atoms with Gasteiger partial charge in [0.05, 0.1) is 23.8 Å². The zero-order chi connectivity index (χ0) is 13.0. The lowest BCUT2D eigenvalue weighted by Gasteiger charge is -2.16. The van der Waals surface area contributed by atoms with Crippen LogP contribution in [0.3, 0.4) is 0 Å². The summed E-state index contributed by atoms with van der Waals surface area (Å²) in [6.07, 6.45) is -2.60. The molecule has 0 aromatic carbocycles. The van der Waals surface area contributed by atoms with Gasteiger partial charge in [0.1, 0.15) is 0 Å². The van der Waals surface area contributed by atoms with E-state index in [1.807, 2.05) is 0 Å². The molecule has 17 heavy (non-hydrogen) atoms. The summed E-state index contributed by atoms with van der Waals surface area (Å²) >= 11 is 0. The quantitative estimate of drug-likeness (QED) is 0.620. The average Bonchev–Trinajstić information content (AvgIpc) is 2.26. The molecule has 1 aromatic heterocycles. The summed E-state index contributed by atoms with van der Waals surface area (Å²) in [6.45, 7) is -0.689. The number of rotatable bonds is 5. The Bertz CT molecular complexity index is 461. The monoisotopic (exact) mass is 248 g/mol. The van der Waals surface area contributed by atoms with Gasteiger partial charge in [0, 0.05) is 18.6 Å². The van der Waals surface area contributed by atoms with Crippen LogP contribution in [0.1, 0.15) is 12.5 Å². The van der Waals surface area contributed by atoms with E-state index in [4.69, 9.17) is 5.11 Å². The Balaban J connectivity index is 3.13. The van der Waals surface area contributed by atoms with Crippen LogP contribution in [0.25, 0.3) is 0 Å². The van der Waals surface area contributed by atoms with Crippen LogP contribution in [0.15, 0.2) is 23.1 Å². The van der Waals surface area contributed by atoms with E-state index in [0.717, 1.165) is 22.9 Å². The molecule has 0 saturated heterocycles. The van der Waals surface area contributed by atoms with E-state index in [9.17, 15) is 23.7 Å². The summed E-state index contributed by atoms with van der Waals surface area (Å²) in [4.78, 5) is 21.1. The Labute approximate surface area is 94.3 Å². The van der Waals surface area contributed by atoms with Crippen molar-refractivity contribution in [2.45, 2.75) is 18.9 Å². The van der Waals surface area contributed by atoms with Gasteiger partial charge in [-0.25, -0.2) is 8.78 Å². The number of aliphatic hydroxyl groups excluding tert-OH is 1. The van der Waals surface area contributed by atoms with E-state index in [-0.39, 0.29) is 0 Å². The predicted octanol–water partition coefficient (Wildman–Crippen LogP) is 0.945. The molecule has 0 aliphatic heterocycles. The fraction of sp³-hybridized carbons (Fsp3) is 0.444. The topological polar surface area (TPSA) is 85.4 Å². The highest BCUT2D eigenvalue weighted by Gasteiger charge is 2.19. The van der Waals surface area contributed by atoms with E-state index in [0.29, 0.717) is 0 Å². The summed E-state index contributed by atoms with van der Waals surface area (Å²) in [5, 5.41) is 19.4. The van der Waals surface area contributed by atoms with E-state index >= 15 is 0 Å². The summed E-state index contributed by atoms with van der Waals surface area (Å²) in [7, 11) is 0. The largest absolute Gasteiger partial charge is 0.394 e. The van der Waals surface area contributed by atoms with Crippen LogP contribution in [-0.4, -0.2) is 27.6 Å². The highest BCUT2D eigenvalue weighted by molar-refractivity contribution is 5.25. The summed E-state index contributed by atoms with van der Waals surface area (Å²) in [6, 6.07) is 0.726. The molecule has 0 aliphatic rings. The molecule has 0 fully saturated rings. The number of pyridine rings is 1. The van der Waals surface area contributed by atoms with Crippen molar-refractivity contribution in [2.24, 2.45) is 0 Å². The molecule has 1 N–H and O–H groups in total. The van der Waals surface area contributed by atoms with Gasteiger partial charge >= 0.3 is 0 Å². The number of hydrogen-bond donors (Lipinski definition) is 1. The number of nitro groups is 1. The first-order valence-corrected chi connectivity index (χ1v) is 4.71. The Morgan fingerprint density at radius 1 is 1.47 bits per heavy atom. The third kappa shape index (κ3) is 3.31. The van der Waals surface area contributed by atoms with E-state index in [2.05, 4.69) is 0 Å². The number of nitrogens with zero attached hydrogens (tertiary/aromatic N) is 2. The number of aromatic nitrogens is 1. The lowest BCUT2D eigenvalue weighted by molar-refractivity contribution is -0.385. The summed E-state index contributed by atoms with van der Waals surface area (Å²) in [5.74, 6) is 0. The van der Waals surface area contributed by atoms with Crippen LogP contribution in [0, 0.1) is 10.1 Å². The second-order valence-corrected chi connectivity index (χ2v) is 3.35. The van der Waals surface area contributed by atoms with E-state index < -0.39 is 41.7 Å². The SMILES string of the molecule is O=c1ccc([N+](=O)[O-])cn1C(CO)CC(F)F. The number of alkyl halides is 2. The van der Waals surface area contributed by atoms with Crippen molar-refractivity contribution >= 4 is 5.69 Å². The molecule has 6 nitrogen and oxygen atoms in total. The predicted molar refractivity (Wildman–Crippen MR) is 54.1 cm³/mol. The van der Waals surface area contributed by atoms with E-state index in [1.165, 1.54) is 0 Å². The molecule has 0 amide bonds. The lowest BCUT2D eigenvalue weighted by Crippen LogP contribution is -2.27. The van der Waals surface area contributed by atoms with Crippen LogP contribution < -0.4 is 5.56 Å². The second kappa shape index (κ2) is 5.48. The molecular weight excluding hydrogens is 238 g/mol. The second-order valence-electron chi connectivity index (χ2n) is 3.35. The zero-order valence-electron chi connectivity index (χ0n) is 8.62. The molecule has 0 saturated carbocycles. The highest BCUT2D eigenvalue weighted by Crippen LogP contribution is 2.17. The minimum Gasteiger partial charge on any atom is -0.394 e. The van der Waals surface area contributed by atoms with Crippen molar-refractivity contribution in [3.05, 3.63) is 38.8 Å². The molecule has 0 bridgehead atoms. The average molecular weight is 248 g/mol. The molecule has 1 rings (SSSR count).